The van der Waals surface area contributed by atoms with Gasteiger partial charge in [-0.05, 0) is 16.6 Å². The van der Waals surface area contributed by atoms with E-state index in [1.807, 2.05) is 6.92 Å². The van der Waals surface area contributed by atoms with Crippen molar-refractivity contribution in [3.63, 3.8) is 0 Å². The molecule has 0 radical (unpaired) electrons. The molecule has 4 nitrogen and oxygen atoms in total. The maximum atomic E-state index is 12.1. The number of carbonyl (C=O) groups is 1. The molecule has 5 heteroatoms. The van der Waals surface area contributed by atoms with Crippen molar-refractivity contribution < 1.29 is 9.53 Å². The molecule has 3 saturated carbocycles. The molecule has 0 amide bonds. The molecule has 0 aromatic rings. The maximum absolute atomic E-state index is 12.1. The summed E-state index contributed by atoms with van der Waals surface area (Å²) in [5, 5.41) is 0. The number of nitrogens with zero attached hydrogens (tertiary/aromatic N) is 2. The van der Waals surface area contributed by atoms with E-state index in [1.165, 1.54) is 110 Å². The Morgan fingerprint density at radius 2 is 1.26 bits per heavy atom. The van der Waals surface area contributed by atoms with Crippen LogP contribution in [0.3, 0.4) is 0 Å². The minimum atomic E-state index is -1.61. The second-order valence-corrected chi connectivity index (χ2v) is 16.2. The lowest BCUT2D eigenvalue weighted by Gasteiger charge is -2.57. The predicted molar refractivity (Wildman–Crippen MR) is 131 cm³/mol. The van der Waals surface area contributed by atoms with Crippen LogP contribution in [0.2, 0.25) is 16.6 Å². The van der Waals surface area contributed by atoms with Crippen molar-refractivity contribution in [2.75, 3.05) is 33.4 Å². The van der Waals surface area contributed by atoms with Crippen LogP contribution in [-0.4, -0.2) is 57.1 Å². The average Bonchev–Trinajstić information content (AvgIpc) is 3.29. The molecule has 0 aromatic carbocycles. The lowest BCUT2D eigenvalue weighted by atomic mass is 9.98. The molecule has 4 fully saturated rings. The molecular weight excluding hydrogens is 400 g/mol. The van der Waals surface area contributed by atoms with Gasteiger partial charge in [-0.15, -0.1) is 0 Å². The molecule has 4 rings (SSSR count). The molecule has 1 unspecified atom stereocenters. The number of hydrogen-bond donors (Lipinski definition) is 0. The quantitative estimate of drug-likeness (QED) is 0.337. The Labute approximate surface area is 192 Å². The Kier molecular flexibility index (Phi) is 8.55. The molecule has 0 aromatic heterocycles. The van der Waals surface area contributed by atoms with E-state index in [0.29, 0.717) is 0 Å². The fraction of sp³-hybridized carbons (Fsp3) is 0.962. The van der Waals surface area contributed by atoms with Crippen molar-refractivity contribution >= 4 is 14.2 Å². The Morgan fingerprint density at radius 3 is 1.68 bits per heavy atom. The Morgan fingerprint density at radius 1 is 0.806 bits per heavy atom. The molecule has 1 saturated heterocycles. The van der Waals surface area contributed by atoms with Crippen LogP contribution in [0.4, 0.5) is 0 Å². The van der Waals surface area contributed by atoms with Crippen molar-refractivity contribution in [3.05, 3.63) is 0 Å². The highest BCUT2D eigenvalue weighted by Gasteiger charge is 2.57. The SMILES string of the molecule is COC(=O)C(C)CN1CCN([Si](C2CCCCC2)(C2CCCCC2)C2CCCCC2)C1. The van der Waals surface area contributed by atoms with Gasteiger partial charge in [-0.2, -0.15) is 0 Å². The van der Waals surface area contributed by atoms with E-state index in [0.717, 1.165) is 36.4 Å². The lowest BCUT2D eigenvalue weighted by molar-refractivity contribution is -0.145. The lowest BCUT2D eigenvalue weighted by Crippen LogP contribution is -2.63. The van der Waals surface area contributed by atoms with Crippen molar-refractivity contribution in [1.82, 2.24) is 9.47 Å². The first-order valence-electron chi connectivity index (χ1n) is 13.7. The van der Waals surface area contributed by atoms with Crippen LogP contribution in [0.25, 0.3) is 0 Å². The molecule has 178 valence electrons. The van der Waals surface area contributed by atoms with Crippen molar-refractivity contribution in [2.45, 2.75) is 120 Å². The van der Waals surface area contributed by atoms with E-state index in [4.69, 9.17) is 4.74 Å². The van der Waals surface area contributed by atoms with Gasteiger partial charge >= 0.3 is 5.97 Å². The normalized spacial score (nSPS) is 27.4. The molecule has 0 bridgehead atoms. The number of methoxy groups -OCH3 is 1. The minimum Gasteiger partial charge on any atom is -0.469 e. The summed E-state index contributed by atoms with van der Waals surface area (Å²) in [4.78, 5) is 14.7. The van der Waals surface area contributed by atoms with Crippen molar-refractivity contribution in [1.29, 1.82) is 0 Å². The van der Waals surface area contributed by atoms with Crippen LogP contribution in [0.15, 0.2) is 0 Å². The molecule has 1 heterocycles. The zero-order chi connectivity index (χ0) is 21.7. The van der Waals surface area contributed by atoms with Crippen LogP contribution in [0, 0.1) is 5.92 Å². The van der Waals surface area contributed by atoms with Gasteiger partial charge in [0.2, 0.25) is 0 Å². The van der Waals surface area contributed by atoms with Crippen LogP contribution in [0.1, 0.15) is 103 Å². The minimum absolute atomic E-state index is 0.0138. The summed E-state index contributed by atoms with van der Waals surface area (Å²) in [7, 11) is -0.0827. The van der Waals surface area contributed by atoms with Gasteiger partial charge in [-0.1, -0.05) is 103 Å². The summed E-state index contributed by atoms with van der Waals surface area (Å²) >= 11 is 0. The van der Waals surface area contributed by atoms with Gasteiger partial charge in [0.25, 0.3) is 0 Å². The fourth-order valence-electron chi connectivity index (χ4n) is 8.24. The third-order valence-corrected chi connectivity index (χ3v) is 16.6. The van der Waals surface area contributed by atoms with E-state index in [2.05, 4.69) is 9.47 Å². The summed E-state index contributed by atoms with van der Waals surface area (Å²) in [6.45, 7) is 6.47. The Balaban J connectivity index is 1.61. The maximum Gasteiger partial charge on any atom is 0.309 e. The Bertz CT molecular complexity index is 522. The number of carbonyl (C=O) groups excluding carboxylic acids is 1. The summed E-state index contributed by atoms with van der Waals surface area (Å²) in [5.74, 6) is -0.0612. The van der Waals surface area contributed by atoms with Crippen LogP contribution >= 0.6 is 0 Å². The molecule has 0 N–H and O–H groups in total. The van der Waals surface area contributed by atoms with Gasteiger partial charge in [0.1, 0.15) is 8.24 Å². The molecule has 0 spiro atoms. The Hall–Kier alpha value is -0.393. The first-order valence-corrected chi connectivity index (χ1v) is 15.9. The van der Waals surface area contributed by atoms with E-state index in [-0.39, 0.29) is 11.9 Å². The van der Waals surface area contributed by atoms with Gasteiger partial charge in [-0.25, -0.2) is 0 Å². The molecule has 3 aliphatic carbocycles. The third-order valence-electron chi connectivity index (χ3n) is 9.52. The molecule has 1 atom stereocenters. The summed E-state index contributed by atoms with van der Waals surface area (Å²) < 4.78 is 8.17. The van der Waals surface area contributed by atoms with Gasteiger partial charge in [-0.3, -0.25) is 9.69 Å². The zero-order valence-corrected chi connectivity index (χ0v) is 21.5. The highest BCUT2D eigenvalue weighted by atomic mass is 28.3. The highest BCUT2D eigenvalue weighted by molar-refractivity contribution is 6.81. The first-order chi connectivity index (χ1) is 15.2. The van der Waals surface area contributed by atoms with Crippen molar-refractivity contribution in [2.24, 2.45) is 5.92 Å². The summed E-state index contributed by atoms with van der Waals surface area (Å²) in [6.07, 6.45) is 22.4. The number of rotatable bonds is 7. The predicted octanol–water partition coefficient (Wildman–Crippen LogP) is 6.32. The van der Waals surface area contributed by atoms with Gasteiger partial charge in [0.15, 0.2) is 0 Å². The summed E-state index contributed by atoms with van der Waals surface area (Å²) in [6, 6.07) is 0. The fourth-order valence-corrected chi connectivity index (χ4v) is 16.7. The zero-order valence-electron chi connectivity index (χ0n) is 20.5. The smallest absolute Gasteiger partial charge is 0.309 e. The van der Waals surface area contributed by atoms with Gasteiger partial charge < -0.3 is 9.30 Å². The van der Waals surface area contributed by atoms with E-state index < -0.39 is 8.24 Å². The molecule has 1 aliphatic heterocycles. The molecular formula is C26H48N2O2Si. The van der Waals surface area contributed by atoms with E-state index in [1.54, 1.807) is 0 Å². The number of hydrogen-bond acceptors (Lipinski definition) is 4. The first kappa shape index (κ1) is 23.8. The van der Waals surface area contributed by atoms with E-state index in [9.17, 15) is 4.79 Å². The second kappa shape index (κ2) is 11.2. The molecule has 31 heavy (non-hydrogen) atoms. The monoisotopic (exact) mass is 448 g/mol. The van der Waals surface area contributed by atoms with Crippen LogP contribution in [-0.2, 0) is 9.53 Å². The third kappa shape index (κ3) is 5.09. The number of ether oxygens (including phenoxy) is 1. The summed E-state index contributed by atoms with van der Waals surface area (Å²) in [5.41, 5.74) is 3.10. The topological polar surface area (TPSA) is 32.8 Å². The average molecular weight is 449 g/mol. The van der Waals surface area contributed by atoms with E-state index >= 15 is 0 Å². The van der Waals surface area contributed by atoms with Gasteiger partial charge in [0.05, 0.1) is 13.0 Å². The molecule has 4 aliphatic rings. The largest absolute Gasteiger partial charge is 0.469 e. The van der Waals surface area contributed by atoms with Gasteiger partial charge in [0, 0.05) is 26.3 Å². The second-order valence-electron chi connectivity index (χ2n) is 11.3. The van der Waals surface area contributed by atoms with Crippen LogP contribution < -0.4 is 0 Å². The van der Waals surface area contributed by atoms with Crippen LogP contribution in [0.5, 0.6) is 0 Å². The highest BCUT2D eigenvalue weighted by Crippen LogP contribution is 2.58. The standard InChI is InChI=1S/C26H48N2O2Si/c1-22(26(29)30-2)20-27-18-19-28(21-27)31(23-12-6-3-7-13-23,24-14-8-4-9-15-24)25-16-10-5-11-17-25/h22-25H,3-21H2,1-2H3. The number of esters is 1. The van der Waals surface area contributed by atoms with Crippen molar-refractivity contribution in [3.8, 4) is 0 Å².